The van der Waals surface area contributed by atoms with Gasteiger partial charge >= 0.3 is 0 Å². The van der Waals surface area contributed by atoms with Crippen LogP contribution in [-0.4, -0.2) is 25.4 Å². The van der Waals surface area contributed by atoms with Gasteiger partial charge in [0.05, 0.1) is 11.9 Å². The predicted molar refractivity (Wildman–Crippen MR) is 117 cm³/mol. The molecule has 4 rings (SSSR count). The predicted octanol–water partition coefficient (Wildman–Crippen LogP) is 5.18. The minimum atomic E-state index is 0.255. The van der Waals surface area contributed by atoms with Gasteiger partial charge < -0.3 is 10.2 Å². The van der Waals surface area contributed by atoms with Crippen molar-refractivity contribution in [1.82, 2.24) is 20.2 Å². The van der Waals surface area contributed by atoms with Gasteiger partial charge in [-0.05, 0) is 18.6 Å². The van der Waals surface area contributed by atoms with E-state index in [0.29, 0.717) is 16.8 Å². The standard InChI is InChI=1S/C22H21N5OS/c1-14(2)29-18-12-8-7-11-16(18)17-13-24-20(23)19(25-17)22-27-26-21(28-22)15-9-5-3-4-6-10-15/h3-5,7-14H,6H2,1-2H3,(H2,23,24). The fourth-order valence-electron chi connectivity index (χ4n) is 2.89. The van der Waals surface area contributed by atoms with E-state index in [4.69, 9.17) is 15.1 Å². The molecule has 1 aromatic carbocycles. The van der Waals surface area contributed by atoms with Gasteiger partial charge in [-0.2, -0.15) is 0 Å². The zero-order chi connectivity index (χ0) is 20.2. The summed E-state index contributed by atoms with van der Waals surface area (Å²) in [7, 11) is 0. The second-order valence-electron chi connectivity index (χ2n) is 6.75. The van der Waals surface area contributed by atoms with Crippen LogP contribution in [-0.2, 0) is 0 Å². The van der Waals surface area contributed by atoms with Crippen molar-refractivity contribution in [2.75, 3.05) is 5.73 Å². The first-order valence-corrected chi connectivity index (χ1v) is 10.3. The van der Waals surface area contributed by atoms with Crippen LogP contribution in [0.4, 0.5) is 5.82 Å². The first-order chi connectivity index (χ1) is 14.1. The van der Waals surface area contributed by atoms with Gasteiger partial charge in [0.25, 0.3) is 5.89 Å². The number of hydrogen-bond donors (Lipinski definition) is 1. The topological polar surface area (TPSA) is 90.7 Å². The first kappa shape index (κ1) is 19.1. The van der Waals surface area contributed by atoms with Gasteiger partial charge in [-0.25, -0.2) is 9.97 Å². The SMILES string of the molecule is CC(C)Sc1ccccc1-c1cnc(N)c(-c2nnc(C3=CCC=CC=C3)o2)n1. The summed E-state index contributed by atoms with van der Waals surface area (Å²) in [6.07, 6.45) is 12.4. The Bertz CT molecular complexity index is 1110. The third-order valence-corrected chi connectivity index (χ3v) is 5.28. The number of hydrogen-bond acceptors (Lipinski definition) is 7. The molecule has 0 amide bonds. The van der Waals surface area contributed by atoms with Crippen LogP contribution in [0.3, 0.4) is 0 Å². The summed E-state index contributed by atoms with van der Waals surface area (Å²) >= 11 is 1.78. The zero-order valence-corrected chi connectivity index (χ0v) is 17.1. The van der Waals surface area contributed by atoms with Crippen LogP contribution < -0.4 is 5.73 Å². The summed E-state index contributed by atoms with van der Waals surface area (Å²) < 4.78 is 5.87. The monoisotopic (exact) mass is 403 g/mol. The van der Waals surface area contributed by atoms with Crippen molar-refractivity contribution in [3.8, 4) is 22.8 Å². The number of nitrogen functional groups attached to an aromatic ring is 1. The maximum atomic E-state index is 6.09. The Morgan fingerprint density at radius 1 is 1.10 bits per heavy atom. The Kier molecular flexibility index (Phi) is 5.57. The third-order valence-electron chi connectivity index (χ3n) is 4.20. The Morgan fingerprint density at radius 2 is 1.93 bits per heavy atom. The molecule has 1 aliphatic rings. The number of nitrogens with two attached hydrogens (primary N) is 1. The number of aromatic nitrogens is 4. The van der Waals surface area contributed by atoms with Crippen LogP contribution in [0, 0.1) is 0 Å². The van der Waals surface area contributed by atoms with Crippen molar-refractivity contribution >= 4 is 23.2 Å². The van der Waals surface area contributed by atoms with Crippen LogP contribution in [0.15, 0.2) is 70.2 Å². The molecule has 1 aliphatic carbocycles. The Labute approximate surface area is 173 Å². The van der Waals surface area contributed by atoms with E-state index >= 15 is 0 Å². The number of benzene rings is 1. The smallest absolute Gasteiger partial charge is 0.270 e. The van der Waals surface area contributed by atoms with E-state index in [1.54, 1.807) is 18.0 Å². The molecular formula is C22H21N5OS. The summed E-state index contributed by atoms with van der Waals surface area (Å²) in [5, 5.41) is 8.78. The maximum Gasteiger partial charge on any atom is 0.270 e. The normalized spacial score (nSPS) is 13.6. The van der Waals surface area contributed by atoms with E-state index in [2.05, 4.69) is 41.2 Å². The van der Waals surface area contributed by atoms with Gasteiger partial charge in [-0.1, -0.05) is 56.4 Å². The Hall–Kier alpha value is -3.19. The number of allylic oxidation sites excluding steroid dienone is 6. The lowest BCUT2D eigenvalue weighted by Crippen LogP contribution is -2.00. The van der Waals surface area contributed by atoms with Crippen molar-refractivity contribution in [3.63, 3.8) is 0 Å². The fourth-order valence-corrected chi connectivity index (χ4v) is 3.86. The van der Waals surface area contributed by atoms with Crippen molar-refractivity contribution in [3.05, 3.63) is 66.7 Å². The Morgan fingerprint density at radius 3 is 2.79 bits per heavy atom. The number of thioether (sulfide) groups is 1. The van der Waals surface area contributed by atoms with E-state index in [1.807, 2.05) is 42.5 Å². The molecule has 29 heavy (non-hydrogen) atoms. The molecule has 0 bridgehead atoms. The largest absolute Gasteiger partial charge is 0.414 e. The highest BCUT2D eigenvalue weighted by Gasteiger charge is 2.18. The highest BCUT2D eigenvalue weighted by Crippen LogP contribution is 2.34. The van der Waals surface area contributed by atoms with Gasteiger partial charge in [0.1, 0.15) is 0 Å². The average molecular weight is 404 g/mol. The van der Waals surface area contributed by atoms with Gasteiger partial charge in [-0.3, -0.25) is 0 Å². The van der Waals surface area contributed by atoms with Gasteiger partial charge in [-0.15, -0.1) is 22.0 Å². The van der Waals surface area contributed by atoms with Crippen molar-refractivity contribution in [2.45, 2.75) is 30.4 Å². The lowest BCUT2D eigenvalue weighted by molar-refractivity contribution is 0.552. The van der Waals surface area contributed by atoms with E-state index in [9.17, 15) is 0 Å². The molecule has 0 saturated heterocycles. The molecule has 3 aromatic rings. The molecule has 0 aliphatic heterocycles. The van der Waals surface area contributed by atoms with Crippen LogP contribution in [0.1, 0.15) is 26.2 Å². The molecule has 0 saturated carbocycles. The number of nitrogens with zero attached hydrogens (tertiary/aromatic N) is 4. The third kappa shape index (κ3) is 4.30. The molecule has 6 nitrogen and oxygen atoms in total. The minimum absolute atomic E-state index is 0.255. The summed E-state index contributed by atoms with van der Waals surface area (Å²) in [5.41, 5.74) is 9.07. The maximum absolute atomic E-state index is 6.09. The summed E-state index contributed by atoms with van der Waals surface area (Å²) in [5.74, 6) is 0.944. The van der Waals surface area contributed by atoms with Gasteiger partial charge in [0.15, 0.2) is 11.5 Å². The highest BCUT2D eigenvalue weighted by molar-refractivity contribution is 8.00. The van der Waals surface area contributed by atoms with Crippen LogP contribution in [0.5, 0.6) is 0 Å². The Balaban J connectivity index is 1.72. The van der Waals surface area contributed by atoms with E-state index in [0.717, 1.165) is 28.1 Å². The molecule has 146 valence electrons. The van der Waals surface area contributed by atoms with E-state index in [-0.39, 0.29) is 11.7 Å². The van der Waals surface area contributed by atoms with Crippen molar-refractivity contribution in [2.24, 2.45) is 0 Å². The number of rotatable bonds is 5. The molecule has 0 atom stereocenters. The molecule has 0 fully saturated rings. The summed E-state index contributed by atoms with van der Waals surface area (Å²) in [6, 6.07) is 8.12. The number of anilines is 1. The molecule has 2 heterocycles. The molecule has 2 aromatic heterocycles. The molecule has 0 unspecified atom stereocenters. The summed E-state index contributed by atoms with van der Waals surface area (Å²) in [6.45, 7) is 4.32. The minimum Gasteiger partial charge on any atom is -0.414 e. The fraction of sp³-hybridized carbons (Fsp3) is 0.182. The highest BCUT2D eigenvalue weighted by atomic mass is 32.2. The molecular weight excluding hydrogens is 382 g/mol. The molecule has 7 heteroatoms. The van der Waals surface area contributed by atoms with Crippen LogP contribution in [0.25, 0.3) is 28.4 Å². The van der Waals surface area contributed by atoms with Crippen LogP contribution >= 0.6 is 11.8 Å². The van der Waals surface area contributed by atoms with Crippen LogP contribution in [0.2, 0.25) is 0 Å². The average Bonchev–Trinajstić information content (AvgIpc) is 3.03. The summed E-state index contributed by atoms with van der Waals surface area (Å²) in [4.78, 5) is 10.2. The van der Waals surface area contributed by atoms with E-state index < -0.39 is 0 Å². The second-order valence-corrected chi connectivity index (χ2v) is 8.36. The molecule has 0 spiro atoms. The van der Waals surface area contributed by atoms with Crippen molar-refractivity contribution in [1.29, 1.82) is 0 Å². The first-order valence-electron chi connectivity index (χ1n) is 9.38. The van der Waals surface area contributed by atoms with E-state index in [1.165, 1.54) is 0 Å². The lowest BCUT2D eigenvalue weighted by Gasteiger charge is -2.11. The molecule has 0 radical (unpaired) electrons. The second kappa shape index (κ2) is 8.45. The van der Waals surface area contributed by atoms with Gasteiger partial charge in [0, 0.05) is 21.3 Å². The quantitative estimate of drug-likeness (QED) is 0.587. The lowest BCUT2D eigenvalue weighted by atomic mass is 10.1. The zero-order valence-electron chi connectivity index (χ0n) is 16.2. The molecule has 2 N–H and O–H groups in total. The van der Waals surface area contributed by atoms with Crippen molar-refractivity contribution < 1.29 is 4.42 Å². The van der Waals surface area contributed by atoms with Gasteiger partial charge in [0.2, 0.25) is 5.89 Å².